The summed E-state index contributed by atoms with van der Waals surface area (Å²) in [4.78, 5) is 0. The van der Waals surface area contributed by atoms with Crippen LogP contribution >= 0.6 is 9.24 Å². The van der Waals surface area contributed by atoms with Gasteiger partial charge in [-0.25, -0.2) is 0 Å². The highest BCUT2D eigenvalue weighted by molar-refractivity contribution is 7.21. The fourth-order valence-electron chi connectivity index (χ4n) is 0.650. The molecular formula is C8H7P. The molecule has 0 aliphatic carbocycles. The second-order valence-electron chi connectivity index (χ2n) is 1.73. The van der Waals surface area contributed by atoms with Crippen LogP contribution in [0.5, 0.6) is 0 Å². The molecule has 0 aliphatic rings. The van der Waals surface area contributed by atoms with Gasteiger partial charge in [0.15, 0.2) is 0 Å². The van der Waals surface area contributed by atoms with E-state index in [0.717, 1.165) is 0 Å². The molecule has 0 fully saturated rings. The minimum atomic E-state index is 1.19. The molecule has 1 heteroatoms. The van der Waals surface area contributed by atoms with Gasteiger partial charge in [-0.3, -0.25) is 0 Å². The summed E-state index contributed by atoms with van der Waals surface area (Å²) < 4.78 is 0. The van der Waals surface area contributed by atoms with Crippen molar-refractivity contribution in [3.8, 4) is 0 Å². The Bertz CT molecular complexity index is 189. The van der Waals surface area contributed by atoms with Gasteiger partial charge in [0.1, 0.15) is 0 Å². The first-order chi connectivity index (χ1) is 4.43. The van der Waals surface area contributed by atoms with E-state index >= 15 is 0 Å². The molecule has 1 aromatic carbocycles. The fourth-order valence-corrected chi connectivity index (χ4v) is 0.822. The van der Waals surface area contributed by atoms with Gasteiger partial charge in [0, 0.05) is 0 Å². The maximum absolute atomic E-state index is 3.95. The van der Waals surface area contributed by atoms with Crippen LogP contribution in [0.25, 0.3) is 6.08 Å². The molecular weight excluding hydrogens is 127 g/mol. The quantitative estimate of drug-likeness (QED) is 0.518. The van der Waals surface area contributed by atoms with Crippen LogP contribution in [-0.2, 0) is 0 Å². The van der Waals surface area contributed by atoms with Gasteiger partial charge >= 0.3 is 0 Å². The summed E-state index contributed by atoms with van der Waals surface area (Å²) in [5.74, 6) is 1.73. The van der Waals surface area contributed by atoms with Crippen LogP contribution in [0.1, 0.15) is 5.56 Å². The monoisotopic (exact) mass is 134 g/mol. The second kappa shape index (κ2) is 3.42. The van der Waals surface area contributed by atoms with Gasteiger partial charge in [0.2, 0.25) is 0 Å². The van der Waals surface area contributed by atoms with Crippen molar-refractivity contribution in [2.45, 2.75) is 0 Å². The minimum absolute atomic E-state index is 1.19. The third-order valence-electron chi connectivity index (χ3n) is 1.07. The largest absolute Gasteiger partial charge is 0.0622 e. The molecule has 44 valence electrons. The van der Waals surface area contributed by atoms with E-state index in [0.29, 0.717) is 0 Å². The van der Waals surface area contributed by atoms with Crippen LogP contribution in [0.15, 0.2) is 36.1 Å². The van der Waals surface area contributed by atoms with E-state index < -0.39 is 0 Å². The number of hydrogen-bond acceptors (Lipinski definition) is 0. The third kappa shape index (κ3) is 1.99. The standard InChI is InChI=1S/C8H7P/c9-7-6-8-4-2-1-3-5-8/h1-7H. The molecule has 9 heavy (non-hydrogen) atoms. The summed E-state index contributed by atoms with van der Waals surface area (Å²) in [6, 6.07) is 10.1. The van der Waals surface area contributed by atoms with Crippen molar-refractivity contribution in [1.29, 1.82) is 0 Å². The van der Waals surface area contributed by atoms with E-state index in [1.807, 2.05) is 36.4 Å². The maximum Gasteiger partial charge on any atom is -0.0142 e. The van der Waals surface area contributed by atoms with Crippen molar-refractivity contribution in [3.63, 3.8) is 0 Å². The summed E-state index contributed by atoms with van der Waals surface area (Å²) in [6.07, 6.45) is 1.95. The zero-order chi connectivity index (χ0) is 6.53. The van der Waals surface area contributed by atoms with Gasteiger partial charge in [0.25, 0.3) is 0 Å². The Morgan fingerprint density at radius 1 is 1.11 bits per heavy atom. The van der Waals surface area contributed by atoms with Crippen molar-refractivity contribution in [1.82, 2.24) is 0 Å². The van der Waals surface area contributed by atoms with Gasteiger partial charge < -0.3 is 0 Å². The first-order valence-corrected chi connectivity index (χ1v) is 3.31. The predicted molar refractivity (Wildman–Crippen MR) is 42.4 cm³/mol. The topological polar surface area (TPSA) is 0 Å². The van der Waals surface area contributed by atoms with Crippen LogP contribution in [-0.4, -0.2) is 0 Å². The van der Waals surface area contributed by atoms with E-state index in [9.17, 15) is 0 Å². The van der Waals surface area contributed by atoms with Crippen molar-refractivity contribution < 1.29 is 0 Å². The SMILES string of the molecule is [P]C=Cc1ccccc1. The summed E-state index contributed by atoms with van der Waals surface area (Å²) >= 11 is 0. The van der Waals surface area contributed by atoms with E-state index in [-0.39, 0.29) is 0 Å². The normalized spacial score (nSPS) is 10.3. The Balaban J connectivity index is 2.85. The Kier molecular flexibility index (Phi) is 2.48. The van der Waals surface area contributed by atoms with Crippen LogP contribution in [0, 0.1) is 0 Å². The molecule has 1 aromatic rings. The predicted octanol–water partition coefficient (Wildman–Crippen LogP) is 3.07. The Morgan fingerprint density at radius 2 is 1.78 bits per heavy atom. The average molecular weight is 134 g/mol. The fraction of sp³-hybridized carbons (Fsp3) is 0. The number of rotatable bonds is 1. The molecule has 0 amide bonds. The van der Waals surface area contributed by atoms with Crippen LogP contribution in [0.2, 0.25) is 0 Å². The third-order valence-corrected chi connectivity index (χ3v) is 1.22. The summed E-state index contributed by atoms with van der Waals surface area (Å²) in [6.45, 7) is 0. The first kappa shape index (κ1) is 6.51. The summed E-state index contributed by atoms with van der Waals surface area (Å²) in [7, 11) is 3.95. The first-order valence-electron chi connectivity index (χ1n) is 2.79. The Hall–Kier alpha value is -0.610. The highest BCUT2D eigenvalue weighted by Crippen LogP contribution is 2.01. The van der Waals surface area contributed by atoms with Crippen LogP contribution < -0.4 is 0 Å². The molecule has 0 bridgehead atoms. The lowest BCUT2D eigenvalue weighted by atomic mass is 10.2. The molecule has 1 rings (SSSR count). The van der Waals surface area contributed by atoms with Gasteiger partial charge in [-0.05, 0) is 14.8 Å². The van der Waals surface area contributed by atoms with Gasteiger partial charge in [-0.1, -0.05) is 42.2 Å². The van der Waals surface area contributed by atoms with E-state index in [4.69, 9.17) is 0 Å². The maximum atomic E-state index is 3.95. The minimum Gasteiger partial charge on any atom is -0.0622 e. The highest BCUT2D eigenvalue weighted by atomic mass is 31.0. The summed E-state index contributed by atoms with van der Waals surface area (Å²) in [5, 5.41) is 0. The lowest BCUT2D eigenvalue weighted by Gasteiger charge is -1.86. The molecule has 0 heterocycles. The molecule has 0 aromatic heterocycles. The number of benzene rings is 1. The smallest absolute Gasteiger partial charge is 0.0142 e. The molecule has 0 aliphatic heterocycles. The highest BCUT2D eigenvalue weighted by Gasteiger charge is 1.77. The number of hydrogen-bond donors (Lipinski definition) is 0. The zero-order valence-electron chi connectivity index (χ0n) is 4.99. The van der Waals surface area contributed by atoms with Crippen molar-refractivity contribution in [2.75, 3.05) is 0 Å². The lowest BCUT2D eigenvalue weighted by Crippen LogP contribution is -1.64. The second-order valence-corrected chi connectivity index (χ2v) is 2.02. The molecule has 0 N–H and O–H groups in total. The molecule has 0 saturated carbocycles. The molecule has 0 spiro atoms. The molecule has 0 saturated heterocycles. The van der Waals surface area contributed by atoms with Crippen molar-refractivity contribution >= 4 is 15.3 Å². The Labute approximate surface area is 57.8 Å². The zero-order valence-corrected chi connectivity index (χ0v) is 5.88. The molecule has 2 radical (unpaired) electrons. The van der Waals surface area contributed by atoms with Crippen LogP contribution in [0.4, 0.5) is 0 Å². The van der Waals surface area contributed by atoms with Gasteiger partial charge in [-0.15, -0.1) is 0 Å². The average Bonchev–Trinajstić information content (AvgIpc) is 1.91. The lowest BCUT2D eigenvalue weighted by molar-refractivity contribution is 1.67. The summed E-state index contributed by atoms with van der Waals surface area (Å²) in [5.41, 5.74) is 1.19. The van der Waals surface area contributed by atoms with E-state index in [1.54, 1.807) is 5.82 Å². The molecule has 0 nitrogen and oxygen atoms in total. The molecule has 0 atom stereocenters. The van der Waals surface area contributed by atoms with E-state index in [1.165, 1.54) is 5.56 Å². The van der Waals surface area contributed by atoms with Crippen molar-refractivity contribution in [3.05, 3.63) is 41.7 Å². The van der Waals surface area contributed by atoms with Gasteiger partial charge in [0.05, 0.1) is 0 Å². The van der Waals surface area contributed by atoms with E-state index in [2.05, 4.69) is 9.24 Å². The van der Waals surface area contributed by atoms with Crippen LogP contribution in [0.3, 0.4) is 0 Å². The Morgan fingerprint density at radius 3 is 2.33 bits per heavy atom. The molecule has 0 unspecified atom stereocenters. The van der Waals surface area contributed by atoms with Gasteiger partial charge in [-0.2, -0.15) is 0 Å². The van der Waals surface area contributed by atoms with Crippen molar-refractivity contribution in [2.24, 2.45) is 0 Å².